The molecular weight excluding hydrogens is 524 g/mol. The minimum Gasteiger partial charge on any atom is -0.493 e. The van der Waals surface area contributed by atoms with Gasteiger partial charge in [0.15, 0.2) is 11.5 Å². The van der Waals surface area contributed by atoms with Crippen LogP contribution in [0.3, 0.4) is 0 Å². The van der Waals surface area contributed by atoms with Gasteiger partial charge in [0.1, 0.15) is 6.61 Å². The Hall–Kier alpha value is -4.78. The average Bonchev–Trinajstić information content (AvgIpc) is 2.92. The van der Waals surface area contributed by atoms with Crippen LogP contribution in [0.2, 0.25) is 0 Å². The van der Waals surface area contributed by atoms with E-state index in [1.807, 2.05) is 56.3 Å². The molecule has 0 fully saturated rings. The fraction of sp³-hybridized carbons (Fsp3) is 0.333. The van der Waals surface area contributed by atoms with Crippen LogP contribution in [0.4, 0.5) is 17.1 Å². The Morgan fingerprint density at radius 2 is 1.57 bits per heavy atom. The van der Waals surface area contributed by atoms with Crippen molar-refractivity contribution >= 4 is 17.1 Å². The number of hydrogen-bond donors (Lipinski definition) is 0. The summed E-state index contributed by atoms with van der Waals surface area (Å²) in [7, 11) is 1.55. The molecule has 40 heavy (non-hydrogen) atoms. The molecule has 3 aromatic carbocycles. The highest BCUT2D eigenvalue weighted by molar-refractivity contribution is 5.65. The fourth-order valence-electron chi connectivity index (χ4n) is 4.67. The number of benzene rings is 3. The molecule has 1 atom stereocenters. The van der Waals surface area contributed by atoms with Gasteiger partial charge in [-0.25, -0.2) is 0 Å². The van der Waals surface area contributed by atoms with Gasteiger partial charge in [-0.3, -0.25) is 30.3 Å². The zero-order valence-electron chi connectivity index (χ0n) is 22.1. The van der Waals surface area contributed by atoms with Crippen molar-refractivity contribution in [1.82, 2.24) is 5.06 Å². The SMILES string of the molecule is COc1cc2c(cc1OCc1ccccc1)[C@@H](CC(C)C)N(Oc1c([N+](=O)[O-])cc([N+](=O)[O-])cc1[N+](=O)[O-])CC2. The van der Waals surface area contributed by atoms with E-state index in [9.17, 15) is 30.3 Å². The first-order valence-corrected chi connectivity index (χ1v) is 12.5. The zero-order valence-corrected chi connectivity index (χ0v) is 22.1. The number of methoxy groups -OCH3 is 1. The maximum absolute atomic E-state index is 11.8. The van der Waals surface area contributed by atoms with Crippen molar-refractivity contribution in [2.24, 2.45) is 5.92 Å². The van der Waals surface area contributed by atoms with Gasteiger partial charge < -0.3 is 14.3 Å². The van der Waals surface area contributed by atoms with E-state index in [0.717, 1.165) is 16.7 Å². The van der Waals surface area contributed by atoms with Gasteiger partial charge in [-0.2, -0.15) is 0 Å². The van der Waals surface area contributed by atoms with Crippen LogP contribution in [-0.4, -0.2) is 33.5 Å². The monoisotopic (exact) mass is 552 g/mol. The summed E-state index contributed by atoms with van der Waals surface area (Å²) in [6.45, 7) is 4.55. The maximum Gasteiger partial charge on any atom is 0.327 e. The largest absolute Gasteiger partial charge is 0.493 e. The van der Waals surface area contributed by atoms with Crippen LogP contribution in [-0.2, 0) is 13.0 Å². The van der Waals surface area contributed by atoms with Crippen LogP contribution in [0.25, 0.3) is 0 Å². The molecular formula is C27H28N4O9. The highest BCUT2D eigenvalue weighted by atomic mass is 16.7. The number of fused-ring (bicyclic) bond motifs is 1. The smallest absolute Gasteiger partial charge is 0.327 e. The second kappa shape index (κ2) is 11.9. The van der Waals surface area contributed by atoms with Crippen molar-refractivity contribution in [3.8, 4) is 17.2 Å². The summed E-state index contributed by atoms with van der Waals surface area (Å²) in [5.74, 6) is 0.536. The molecule has 13 nitrogen and oxygen atoms in total. The number of nitro groups is 3. The molecule has 0 N–H and O–H groups in total. The van der Waals surface area contributed by atoms with Crippen LogP contribution in [0, 0.1) is 36.3 Å². The Kier molecular flexibility index (Phi) is 8.43. The fourth-order valence-corrected chi connectivity index (χ4v) is 4.67. The van der Waals surface area contributed by atoms with E-state index in [0.29, 0.717) is 43.1 Å². The number of nitrogens with zero attached hydrogens (tertiary/aromatic N) is 4. The molecule has 0 bridgehead atoms. The Labute approximate surface area is 229 Å². The number of rotatable bonds is 11. The Balaban J connectivity index is 1.75. The van der Waals surface area contributed by atoms with Gasteiger partial charge >= 0.3 is 17.1 Å². The van der Waals surface area contributed by atoms with Crippen LogP contribution in [0.15, 0.2) is 54.6 Å². The molecule has 3 aromatic rings. The van der Waals surface area contributed by atoms with Crippen molar-refractivity contribution in [2.75, 3.05) is 13.7 Å². The highest BCUT2D eigenvalue weighted by Crippen LogP contribution is 2.45. The standard InChI is InChI=1S/C27H28N4O9/c1-17(2)11-22-21-15-26(39-16-18-7-5-4-6-8-18)25(38-3)12-19(21)9-10-28(22)40-27-23(30(34)35)13-20(29(32)33)14-24(27)31(36)37/h4-8,12-15,17,22H,9-11,16H2,1-3H3/t22-/m1/s1. The van der Waals surface area contributed by atoms with Gasteiger partial charge in [0, 0.05) is 6.54 Å². The molecule has 13 heteroatoms. The molecule has 0 radical (unpaired) electrons. The highest BCUT2D eigenvalue weighted by Gasteiger charge is 2.38. The van der Waals surface area contributed by atoms with E-state index in [1.165, 1.54) is 5.06 Å². The van der Waals surface area contributed by atoms with E-state index < -0.39 is 43.6 Å². The zero-order chi connectivity index (χ0) is 29.0. The minimum absolute atomic E-state index is 0.152. The molecule has 210 valence electrons. The van der Waals surface area contributed by atoms with Gasteiger partial charge in [0.2, 0.25) is 0 Å². The Morgan fingerprint density at radius 1 is 0.925 bits per heavy atom. The summed E-state index contributed by atoms with van der Waals surface area (Å²) >= 11 is 0. The van der Waals surface area contributed by atoms with Crippen LogP contribution in [0.1, 0.15) is 43.0 Å². The summed E-state index contributed by atoms with van der Waals surface area (Å²) in [5, 5.41) is 36.4. The summed E-state index contributed by atoms with van der Waals surface area (Å²) in [5.41, 5.74) is 0.246. The second-order valence-electron chi connectivity index (χ2n) is 9.69. The van der Waals surface area contributed by atoms with Crippen molar-refractivity contribution in [2.45, 2.75) is 39.3 Å². The molecule has 1 aliphatic heterocycles. The van der Waals surface area contributed by atoms with Crippen LogP contribution < -0.4 is 14.3 Å². The number of hydrogen-bond acceptors (Lipinski definition) is 10. The van der Waals surface area contributed by atoms with Crippen LogP contribution in [0.5, 0.6) is 17.2 Å². The topological polar surface area (TPSA) is 160 Å². The summed E-state index contributed by atoms with van der Waals surface area (Å²) in [4.78, 5) is 38.0. The number of non-ortho nitro benzene ring substituents is 1. The van der Waals surface area contributed by atoms with Crippen molar-refractivity contribution in [3.05, 3.63) is 102 Å². The van der Waals surface area contributed by atoms with Gasteiger partial charge in [-0.1, -0.05) is 44.2 Å². The normalized spacial score (nSPS) is 14.8. The molecule has 1 aliphatic rings. The van der Waals surface area contributed by atoms with Crippen molar-refractivity contribution in [1.29, 1.82) is 0 Å². The lowest BCUT2D eigenvalue weighted by Gasteiger charge is -2.37. The molecule has 0 spiro atoms. The first-order chi connectivity index (χ1) is 19.1. The molecule has 1 heterocycles. The third-order valence-electron chi connectivity index (χ3n) is 6.51. The second-order valence-corrected chi connectivity index (χ2v) is 9.69. The van der Waals surface area contributed by atoms with E-state index >= 15 is 0 Å². The number of ether oxygens (including phenoxy) is 2. The first kappa shape index (κ1) is 28.2. The number of nitro benzene ring substituents is 3. The van der Waals surface area contributed by atoms with Gasteiger partial charge in [-0.05, 0) is 47.6 Å². The molecule has 0 aliphatic carbocycles. The minimum atomic E-state index is -0.926. The predicted molar refractivity (Wildman–Crippen MR) is 143 cm³/mol. The van der Waals surface area contributed by atoms with Gasteiger partial charge in [0.25, 0.3) is 5.69 Å². The van der Waals surface area contributed by atoms with E-state index in [-0.39, 0.29) is 12.5 Å². The van der Waals surface area contributed by atoms with E-state index in [4.69, 9.17) is 14.3 Å². The average molecular weight is 553 g/mol. The third kappa shape index (κ3) is 6.10. The predicted octanol–water partition coefficient (Wildman–Crippen LogP) is 5.94. The van der Waals surface area contributed by atoms with Crippen LogP contribution >= 0.6 is 0 Å². The summed E-state index contributed by atoms with van der Waals surface area (Å²) in [6, 6.07) is 14.2. The van der Waals surface area contributed by atoms with Gasteiger partial charge in [0.05, 0.1) is 40.1 Å². The number of hydroxylamine groups is 2. The van der Waals surface area contributed by atoms with E-state index in [2.05, 4.69) is 0 Å². The summed E-state index contributed by atoms with van der Waals surface area (Å²) in [6.07, 6.45) is 1.000. The lowest BCUT2D eigenvalue weighted by Crippen LogP contribution is -2.39. The van der Waals surface area contributed by atoms with Crippen molar-refractivity contribution in [3.63, 3.8) is 0 Å². The molecule has 0 saturated carbocycles. The Morgan fingerprint density at radius 3 is 2.12 bits per heavy atom. The lowest BCUT2D eigenvalue weighted by molar-refractivity contribution is -0.406. The quantitative estimate of drug-likeness (QED) is 0.206. The molecule has 0 aromatic heterocycles. The lowest BCUT2D eigenvalue weighted by atomic mass is 9.88. The van der Waals surface area contributed by atoms with E-state index in [1.54, 1.807) is 7.11 Å². The summed E-state index contributed by atoms with van der Waals surface area (Å²) < 4.78 is 11.7. The molecule has 4 rings (SSSR count). The van der Waals surface area contributed by atoms with Crippen molar-refractivity contribution < 1.29 is 29.1 Å². The first-order valence-electron chi connectivity index (χ1n) is 12.5. The molecule has 0 amide bonds. The molecule has 0 unspecified atom stereocenters. The molecule has 0 saturated heterocycles. The Bertz CT molecular complexity index is 1390. The third-order valence-corrected chi connectivity index (χ3v) is 6.51. The van der Waals surface area contributed by atoms with Gasteiger partial charge in [-0.15, -0.1) is 5.06 Å². The maximum atomic E-state index is 11.8.